The smallest absolute Gasteiger partial charge is 0.147 e. The first-order valence-corrected chi connectivity index (χ1v) is 21.0. The second-order valence-electron chi connectivity index (χ2n) is 17.6. The lowest BCUT2D eigenvalue weighted by atomic mass is 9.70. The maximum absolute atomic E-state index is 12.9. The van der Waals surface area contributed by atoms with Gasteiger partial charge >= 0.3 is 0 Å². The maximum atomic E-state index is 12.9. The minimum Gasteiger partial charge on any atom is -0.508 e. The number of hydrogen-bond donors (Lipinski definition) is 9. The molecule has 2 heterocycles. The Bertz CT molecular complexity index is 3580. The summed E-state index contributed by atoms with van der Waals surface area (Å²) in [5.41, 5.74) is 10.2. The highest BCUT2D eigenvalue weighted by Gasteiger charge is 2.34. The molecular formula is C43H40B10N2O9. The number of aromatic hydroxyl groups is 9. The van der Waals surface area contributed by atoms with Crippen LogP contribution in [0.15, 0.2) is 48.5 Å². The van der Waals surface area contributed by atoms with Gasteiger partial charge in [-0.05, 0) is 59.8 Å². The van der Waals surface area contributed by atoms with Crippen molar-refractivity contribution >= 4 is 177 Å². The first kappa shape index (κ1) is 42.3. The molecule has 0 aliphatic rings. The molecule has 0 fully saturated rings. The van der Waals surface area contributed by atoms with Gasteiger partial charge in [0, 0.05) is 11.3 Å². The third-order valence-electron chi connectivity index (χ3n) is 14.0. The van der Waals surface area contributed by atoms with Crippen LogP contribution in [0.1, 0.15) is 5.56 Å². The lowest BCUT2D eigenvalue weighted by Gasteiger charge is -2.21. The van der Waals surface area contributed by atoms with Gasteiger partial charge < -0.3 is 55.1 Å². The fourth-order valence-electron chi connectivity index (χ4n) is 10.2. The van der Waals surface area contributed by atoms with Crippen molar-refractivity contribution in [2.75, 3.05) is 0 Å². The third-order valence-corrected chi connectivity index (χ3v) is 14.0. The molecular weight excluding hydrogens is 797 g/mol. The van der Waals surface area contributed by atoms with Gasteiger partial charge in [-0.1, -0.05) is 61.4 Å². The highest BCUT2D eigenvalue weighted by atomic mass is 16.3. The Morgan fingerprint density at radius 2 is 0.781 bits per heavy atom. The fraction of sp³-hybridized carbons (Fsp3) is 0.0233. The number of fused-ring (bicyclic) bond motifs is 6. The summed E-state index contributed by atoms with van der Waals surface area (Å²) in [5, 5.41) is 108. The van der Waals surface area contributed by atoms with Crippen LogP contribution in [0, 0.1) is 6.92 Å². The molecule has 7 aromatic carbocycles. The van der Waals surface area contributed by atoms with Crippen molar-refractivity contribution < 1.29 is 46.0 Å². The van der Waals surface area contributed by atoms with Gasteiger partial charge in [-0.2, -0.15) is 0 Å². The van der Waals surface area contributed by atoms with Gasteiger partial charge in [0.1, 0.15) is 136 Å². The van der Waals surface area contributed by atoms with Crippen molar-refractivity contribution in [3.63, 3.8) is 0 Å². The molecule has 0 saturated carbocycles. The minimum atomic E-state index is -0.461. The highest BCUT2D eigenvalue weighted by Crippen LogP contribution is 2.52. The van der Waals surface area contributed by atoms with E-state index >= 15 is 0 Å². The molecule has 64 heavy (non-hydrogen) atoms. The van der Waals surface area contributed by atoms with E-state index in [-0.39, 0.29) is 89.8 Å². The van der Waals surface area contributed by atoms with Gasteiger partial charge in [-0.15, -0.1) is 0 Å². The van der Waals surface area contributed by atoms with Crippen LogP contribution < -0.4 is 54.6 Å². The van der Waals surface area contributed by atoms with Crippen LogP contribution in [-0.4, -0.2) is 134 Å². The second kappa shape index (κ2) is 14.3. The first-order chi connectivity index (χ1) is 30.1. The molecule has 21 heteroatoms. The van der Waals surface area contributed by atoms with E-state index in [9.17, 15) is 46.0 Å². The van der Waals surface area contributed by atoms with E-state index in [0.717, 1.165) is 16.5 Å². The Kier molecular flexibility index (Phi) is 9.42. The van der Waals surface area contributed by atoms with Crippen LogP contribution >= 0.6 is 0 Å². The van der Waals surface area contributed by atoms with Gasteiger partial charge in [-0.3, -0.25) is 0 Å². The molecule has 9 rings (SSSR count). The molecule has 0 amide bonds. The molecule has 2 aromatic heterocycles. The molecule has 9 N–H and O–H groups in total. The zero-order valence-corrected chi connectivity index (χ0v) is 37.5. The van der Waals surface area contributed by atoms with Crippen LogP contribution in [0.5, 0.6) is 51.7 Å². The van der Waals surface area contributed by atoms with Gasteiger partial charge in [0.2, 0.25) is 0 Å². The molecule has 306 valence electrons. The maximum Gasteiger partial charge on any atom is 0.147 e. The molecule has 11 nitrogen and oxygen atoms in total. The van der Waals surface area contributed by atoms with E-state index in [2.05, 4.69) is 0 Å². The number of rotatable bonds is 4. The Labute approximate surface area is 376 Å². The Morgan fingerprint density at radius 3 is 1.31 bits per heavy atom. The van der Waals surface area contributed by atoms with Crippen LogP contribution in [0.4, 0.5) is 0 Å². The second-order valence-corrected chi connectivity index (χ2v) is 17.6. The van der Waals surface area contributed by atoms with Gasteiger partial charge in [-0.25, -0.2) is 0 Å². The number of phenolic OH excluding ortho intramolecular Hbond substituents is 9. The summed E-state index contributed by atoms with van der Waals surface area (Å²) >= 11 is 0. The Hall–Kier alpha value is -7.01. The molecule has 0 spiro atoms. The largest absolute Gasteiger partial charge is 0.508 e. The van der Waals surface area contributed by atoms with E-state index < -0.39 is 11.5 Å². The first-order valence-electron chi connectivity index (χ1n) is 21.0. The van der Waals surface area contributed by atoms with Crippen LogP contribution in [0.3, 0.4) is 0 Å². The van der Waals surface area contributed by atoms with Crippen molar-refractivity contribution in [1.82, 2.24) is 9.13 Å². The van der Waals surface area contributed by atoms with Crippen molar-refractivity contribution in [3.05, 3.63) is 54.1 Å². The summed E-state index contributed by atoms with van der Waals surface area (Å²) in [7, 11) is 18.1. The predicted octanol–water partition coefficient (Wildman–Crippen LogP) is -8.54. The van der Waals surface area contributed by atoms with Gasteiger partial charge in [0.25, 0.3) is 0 Å². The van der Waals surface area contributed by atoms with Crippen molar-refractivity contribution in [2.24, 2.45) is 0 Å². The van der Waals surface area contributed by atoms with Crippen LogP contribution in [0.2, 0.25) is 0 Å². The van der Waals surface area contributed by atoms with E-state index in [1.54, 1.807) is 75.9 Å². The summed E-state index contributed by atoms with van der Waals surface area (Å²) < 4.78 is 3.52. The third kappa shape index (κ3) is 5.48. The molecule has 0 radical (unpaired) electrons. The normalized spacial score (nSPS) is 11.8. The highest BCUT2D eigenvalue weighted by molar-refractivity contribution is 6.63. The minimum absolute atomic E-state index is 0.00730. The standard InChI is InChI=1S/C43H40B10N2O9/c1-10-26(46)35-23(41(62)27(10)47)22-38(55(35)34-17(58)8-13(45)9-18(34)59)33(53)43(64)25(40(22)61)20-28(48)30(50)36-21(39(20)60)24-37(31(51)29(49)32(52)42(24)63)54(36)14-4-2-11(3-5-14)19-15(56)6-12(44)7-16(19)57/h2-9,56-64H,44-53H2,1H3. The monoisotopic (exact) mass is 838 g/mol. The lowest BCUT2D eigenvalue weighted by Crippen LogP contribution is -2.40. The average molecular weight is 837 g/mol. The summed E-state index contributed by atoms with van der Waals surface area (Å²) in [4.78, 5) is 0. The number of hydrogen-bond acceptors (Lipinski definition) is 9. The molecule has 0 bridgehead atoms. The van der Waals surface area contributed by atoms with E-state index in [4.69, 9.17) is 0 Å². The predicted molar refractivity (Wildman–Crippen MR) is 287 cm³/mol. The average Bonchev–Trinajstić information content (AvgIpc) is 3.78. The number of nitrogens with zero attached hydrogens (tertiary/aromatic N) is 2. The summed E-state index contributed by atoms with van der Waals surface area (Å²) in [6, 6.07) is 13.4. The van der Waals surface area contributed by atoms with Crippen molar-refractivity contribution in [3.8, 4) is 85.4 Å². The summed E-state index contributed by atoms with van der Waals surface area (Å²) in [6.07, 6.45) is 0. The van der Waals surface area contributed by atoms with E-state index in [1.165, 1.54) is 12.1 Å². The SMILES string of the molecule is Bc1cc(O)c(-c2ccc(-n3c4c(B)c(B)c(B)c(O)c4c4c(O)c(-c5c(O)c(B)c6c(c5O)c5c(O)c(B)c(C)c(B)c5n6-c5c(O)cc(B)cc5O)c(B)c(B)c43)cc2)c(O)c1. The molecule has 9 aromatic rings. The molecule has 0 unspecified atom stereocenters. The number of aromatic nitrogens is 2. The zero-order valence-electron chi connectivity index (χ0n) is 37.5. The van der Waals surface area contributed by atoms with Gasteiger partial charge in [0.05, 0.1) is 54.7 Å². The quantitative estimate of drug-likeness (QED) is 0.0776. The number of benzene rings is 7. The Morgan fingerprint density at radius 1 is 0.359 bits per heavy atom. The van der Waals surface area contributed by atoms with Crippen molar-refractivity contribution in [2.45, 2.75) is 6.92 Å². The summed E-state index contributed by atoms with van der Waals surface area (Å²) in [6.45, 7) is 1.85. The lowest BCUT2D eigenvalue weighted by molar-refractivity contribution is 0.447. The van der Waals surface area contributed by atoms with Crippen LogP contribution in [-0.2, 0) is 0 Å². The molecule has 0 aliphatic heterocycles. The van der Waals surface area contributed by atoms with Gasteiger partial charge in [0.15, 0.2) is 0 Å². The van der Waals surface area contributed by atoms with E-state index in [1.807, 2.05) is 55.0 Å². The summed E-state index contributed by atoms with van der Waals surface area (Å²) in [5.74, 6) is -2.01. The Balaban J connectivity index is 1.43. The van der Waals surface area contributed by atoms with Crippen LogP contribution in [0.25, 0.3) is 77.2 Å². The molecule has 0 atom stereocenters. The van der Waals surface area contributed by atoms with E-state index in [0.29, 0.717) is 71.4 Å². The molecule has 0 aliphatic carbocycles. The molecule has 0 saturated heterocycles. The topological polar surface area (TPSA) is 192 Å². The zero-order chi connectivity index (χ0) is 46.4. The fourth-order valence-corrected chi connectivity index (χ4v) is 10.2. The number of phenols is 9. The van der Waals surface area contributed by atoms with Crippen molar-refractivity contribution in [1.29, 1.82) is 0 Å².